The molecule has 1 aromatic carbocycles. The van der Waals surface area contributed by atoms with Crippen molar-refractivity contribution >= 4 is 23.6 Å². The third-order valence-electron chi connectivity index (χ3n) is 6.74. The standard InChI is InChI=1S/C25H32N4O3S/c1-18-13-19(2)27-24(26-18)33-16-23(31)29-12-9-25(17-29)7-10-28(11-8-25)22(30)15-20-5-4-6-21(14-20)32-3/h4-6,13-14H,7-12,15-17H2,1-3H3. The number of piperidine rings is 1. The van der Waals surface area contributed by atoms with Gasteiger partial charge in [0.1, 0.15) is 5.75 Å². The first-order valence-electron chi connectivity index (χ1n) is 11.5. The molecular formula is C25H32N4O3S. The summed E-state index contributed by atoms with van der Waals surface area (Å²) in [5.74, 6) is 1.45. The van der Waals surface area contributed by atoms with E-state index in [1.807, 2.05) is 54.0 Å². The van der Waals surface area contributed by atoms with Crippen LogP contribution in [0, 0.1) is 19.3 Å². The smallest absolute Gasteiger partial charge is 0.233 e. The van der Waals surface area contributed by atoms with Crippen molar-refractivity contribution in [3.63, 3.8) is 0 Å². The number of aryl methyl sites for hydroxylation is 2. The van der Waals surface area contributed by atoms with Gasteiger partial charge in [0.2, 0.25) is 11.8 Å². The largest absolute Gasteiger partial charge is 0.497 e. The van der Waals surface area contributed by atoms with Gasteiger partial charge in [0.05, 0.1) is 19.3 Å². The van der Waals surface area contributed by atoms with E-state index in [0.29, 0.717) is 17.3 Å². The maximum absolute atomic E-state index is 12.8. The molecule has 1 aromatic heterocycles. The number of ether oxygens (including phenoxy) is 1. The molecule has 2 aromatic rings. The number of likely N-dealkylation sites (tertiary alicyclic amines) is 2. The van der Waals surface area contributed by atoms with Gasteiger partial charge in [-0.15, -0.1) is 0 Å². The Morgan fingerprint density at radius 1 is 1.00 bits per heavy atom. The van der Waals surface area contributed by atoms with Crippen molar-refractivity contribution in [2.24, 2.45) is 5.41 Å². The molecule has 0 radical (unpaired) electrons. The highest BCUT2D eigenvalue weighted by Gasteiger charge is 2.42. The number of carbonyl (C=O) groups is 2. The summed E-state index contributed by atoms with van der Waals surface area (Å²) in [7, 11) is 1.64. The van der Waals surface area contributed by atoms with Gasteiger partial charge in [0.25, 0.3) is 0 Å². The molecule has 1 spiro atoms. The first kappa shape index (κ1) is 23.5. The summed E-state index contributed by atoms with van der Waals surface area (Å²) in [5.41, 5.74) is 2.96. The molecular weight excluding hydrogens is 436 g/mol. The number of carbonyl (C=O) groups excluding carboxylic acids is 2. The van der Waals surface area contributed by atoms with Crippen molar-refractivity contribution in [2.75, 3.05) is 39.0 Å². The third-order valence-corrected chi connectivity index (χ3v) is 7.58. The highest BCUT2D eigenvalue weighted by molar-refractivity contribution is 7.99. The first-order valence-corrected chi connectivity index (χ1v) is 12.5. The molecule has 2 fully saturated rings. The van der Waals surface area contributed by atoms with Crippen LogP contribution in [0.25, 0.3) is 0 Å². The van der Waals surface area contributed by atoms with Crippen LogP contribution in [0.4, 0.5) is 0 Å². The third kappa shape index (κ3) is 5.85. The Bertz CT molecular complexity index is 1000. The Balaban J connectivity index is 1.26. The van der Waals surface area contributed by atoms with Crippen molar-refractivity contribution in [2.45, 2.75) is 44.7 Å². The van der Waals surface area contributed by atoms with Crippen molar-refractivity contribution in [1.29, 1.82) is 0 Å². The quantitative estimate of drug-likeness (QED) is 0.478. The van der Waals surface area contributed by atoms with Crippen molar-refractivity contribution < 1.29 is 14.3 Å². The molecule has 33 heavy (non-hydrogen) atoms. The normalized spacial score (nSPS) is 17.4. The van der Waals surface area contributed by atoms with Gasteiger partial charge in [0.15, 0.2) is 5.16 Å². The molecule has 0 saturated carbocycles. The lowest BCUT2D eigenvalue weighted by Gasteiger charge is -2.39. The monoisotopic (exact) mass is 468 g/mol. The van der Waals surface area contributed by atoms with E-state index < -0.39 is 0 Å². The van der Waals surface area contributed by atoms with Crippen molar-refractivity contribution in [3.8, 4) is 5.75 Å². The average Bonchev–Trinajstić information content (AvgIpc) is 3.21. The molecule has 176 valence electrons. The molecule has 2 aliphatic rings. The van der Waals surface area contributed by atoms with Gasteiger partial charge in [-0.25, -0.2) is 9.97 Å². The SMILES string of the molecule is COc1cccc(CC(=O)N2CCC3(CC2)CCN(C(=O)CSc2nc(C)cc(C)n2)C3)c1. The molecule has 0 N–H and O–H groups in total. The topological polar surface area (TPSA) is 75.6 Å². The number of nitrogens with zero attached hydrogens (tertiary/aromatic N) is 4. The minimum absolute atomic E-state index is 0.142. The number of rotatable bonds is 6. The lowest BCUT2D eigenvalue weighted by molar-refractivity contribution is -0.133. The molecule has 8 heteroatoms. The summed E-state index contributed by atoms with van der Waals surface area (Å²) < 4.78 is 5.26. The Morgan fingerprint density at radius 3 is 2.33 bits per heavy atom. The zero-order valence-electron chi connectivity index (χ0n) is 19.7. The van der Waals surface area contributed by atoms with E-state index in [9.17, 15) is 9.59 Å². The first-order chi connectivity index (χ1) is 15.9. The van der Waals surface area contributed by atoms with E-state index in [1.165, 1.54) is 11.8 Å². The highest BCUT2D eigenvalue weighted by Crippen LogP contribution is 2.40. The fourth-order valence-electron chi connectivity index (χ4n) is 4.83. The summed E-state index contributed by atoms with van der Waals surface area (Å²) in [6, 6.07) is 9.63. The van der Waals surface area contributed by atoms with E-state index in [1.54, 1.807) is 7.11 Å². The number of aromatic nitrogens is 2. The van der Waals surface area contributed by atoms with Gasteiger partial charge < -0.3 is 14.5 Å². The minimum atomic E-state index is 0.142. The van der Waals surface area contributed by atoms with Crippen LogP contribution < -0.4 is 4.74 Å². The van der Waals surface area contributed by atoms with Gasteiger partial charge in [-0.2, -0.15) is 0 Å². The molecule has 7 nitrogen and oxygen atoms in total. The summed E-state index contributed by atoms with van der Waals surface area (Å²) in [4.78, 5) is 38.4. The van der Waals surface area contributed by atoms with Gasteiger partial charge >= 0.3 is 0 Å². The van der Waals surface area contributed by atoms with Crippen molar-refractivity contribution in [1.82, 2.24) is 19.8 Å². The lowest BCUT2D eigenvalue weighted by Crippen LogP contribution is -2.45. The fraction of sp³-hybridized carbons (Fsp3) is 0.520. The fourth-order valence-corrected chi connectivity index (χ4v) is 5.68. The Morgan fingerprint density at radius 2 is 1.67 bits per heavy atom. The second-order valence-corrected chi connectivity index (χ2v) is 10.1. The number of hydrogen-bond acceptors (Lipinski definition) is 6. The molecule has 4 rings (SSSR count). The number of thioether (sulfide) groups is 1. The molecule has 3 heterocycles. The van der Waals surface area contributed by atoms with Gasteiger partial charge in [-0.1, -0.05) is 23.9 Å². The minimum Gasteiger partial charge on any atom is -0.497 e. The Kier molecular flexibility index (Phi) is 7.22. The number of benzene rings is 1. The highest BCUT2D eigenvalue weighted by atomic mass is 32.2. The number of methoxy groups -OCH3 is 1. The van der Waals surface area contributed by atoms with Crippen LogP contribution >= 0.6 is 11.8 Å². The number of amides is 2. The Hall–Kier alpha value is -2.61. The van der Waals surface area contributed by atoms with Crippen LogP contribution in [0.3, 0.4) is 0 Å². The van der Waals surface area contributed by atoms with Crippen LogP contribution in [0.15, 0.2) is 35.5 Å². The van der Waals surface area contributed by atoms with E-state index in [2.05, 4.69) is 9.97 Å². The molecule has 0 unspecified atom stereocenters. The van der Waals surface area contributed by atoms with Crippen LogP contribution in [0.1, 0.15) is 36.2 Å². The predicted octanol–water partition coefficient (Wildman–Crippen LogP) is 3.28. The van der Waals surface area contributed by atoms with E-state index in [4.69, 9.17) is 4.74 Å². The molecule has 2 amide bonds. The zero-order chi connectivity index (χ0) is 23.4. The van der Waals surface area contributed by atoms with E-state index in [0.717, 1.165) is 68.1 Å². The summed E-state index contributed by atoms with van der Waals surface area (Å²) in [6.45, 7) is 6.99. The molecule has 0 atom stereocenters. The van der Waals surface area contributed by atoms with Crippen LogP contribution in [-0.4, -0.2) is 70.6 Å². The van der Waals surface area contributed by atoms with Crippen molar-refractivity contribution in [3.05, 3.63) is 47.3 Å². The zero-order valence-corrected chi connectivity index (χ0v) is 20.5. The van der Waals surface area contributed by atoms with Crippen LogP contribution in [-0.2, 0) is 16.0 Å². The molecule has 2 saturated heterocycles. The molecule has 0 aliphatic carbocycles. The molecule has 0 bridgehead atoms. The van der Waals surface area contributed by atoms with Gasteiger partial charge in [-0.3, -0.25) is 9.59 Å². The summed E-state index contributed by atoms with van der Waals surface area (Å²) in [6.07, 6.45) is 3.32. The lowest BCUT2D eigenvalue weighted by atomic mass is 9.77. The summed E-state index contributed by atoms with van der Waals surface area (Å²) >= 11 is 1.41. The van der Waals surface area contributed by atoms with Gasteiger partial charge in [0, 0.05) is 37.6 Å². The Labute approximate surface area is 199 Å². The predicted molar refractivity (Wildman–Crippen MR) is 128 cm³/mol. The van der Waals surface area contributed by atoms with Crippen LogP contribution in [0.5, 0.6) is 5.75 Å². The average molecular weight is 469 g/mol. The van der Waals surface area contributed by atoms with Gasteiger partial charge in [-0.05, 0) is 62.3 Å². The van der Waals surface area contributed by atoms with E-state index in [-0.39, 0.29) is 17.2 Å². The molecule has 2 aliphatic heterocycles. The van der Waals surface area contributed by atoms with E-state index >= 15 is 0 Å². The van der Waals surface area contributed by atoms with Crippen LogP contribution in [0.2, 0.25) is 0 Å². The second kappa shape index (κ2) is 10.1. The number of hydrogen-bond donors (Lipinski definition) is 0. The maximum atomic E-state index is 12.8. The second-order valence-electron chi connectivity index (χ2n) is 9.20. The maximum Gasteiger partial charge on any atom is 0.233 e. The summed E-state index contributed by atoms with van der Waals surface area (Å²) in [5, 5.41) is 0.664.